The third-order valence-corrected chi connectivity index (χ3v) is 5.53. The molecule has 1 amide bonds. The highest BCUT2D eigenvalue weighted by Gasteiger charge is 2.50. The minimum Gasteiger partial charge on any atom is -0.381 e. The summed E-state index contributed by atoms with van der Waals surface area (Å²) in [5, 5.41) is 0. The van der Waals surface area contributed by atoms with Gasteiger partial charge in [-0.15, -0.1) is 0 Å². The first-order chi connectivity index (χ1) is 11.5. The number of piperidine rings is 1. The maximum absolute atomic E-state index is 13.7. The molecular weight excluding hydrogens is 307 g/mol. The minimum atomic E-state index is -0.298. The van der Waals surface area contributed by atoms with E-state index in [1.807, 2.05) is 11.8 Å². The van der Waals surface area contributed by atoms with Crippen molar-refractivity contribution in [2.24, 2.45) is 5.92 Å². The standard InChI is InChI=1S/C19H27FN2O2/c1-3-24-12-15-8-9-21(2)19(11-15)13-22(14-19)18(23)10-16-6-4-5-7-17(16)20/h4-7,15H,3,8-14H2,1-2H3. The van der Waals surface area contributed by atoms with Crippen LogP contribution in [0.3, 0.4) is 0 Å². The summed E-state index contributed by atoms with van der Waals surface area (Å²) < 4.78 is 19.3. The average molecular weight is 334 g/mol. The van der Waals surface area contributed by atoms with E-state index in [1.54, 1.807) is 18.2 Å². The molecule has 1 aromatic rings. The van der Waals surface area contributed by atoms with Crippen LogP contribution in [0, 0.1) is 11.7 Å². The fraction of sp³-hybridized carbons (Fsp3) is 0.632. The summed E-state index contributed by atoms with van der Waals surface area (Å²) >= 11 is 0. The molecule has 2 saturated heterocycles. The van der Waals surface area contributed by atoms with Gasteiger partial charge < -0.3 is 9.64 Å². The molecule has 2 aliphatic heterocycles. The Balaban J connectivity index is 1.56. The number of halogens is 1. The van der Waals surface area contributed by atoms with Crippen molar-refractivity contribution in [2.45, 2.75) is 31.7 Å². The molecule has 1 atom stereocenters. The Kier molecular flexibility index (Phi) is 5.21. The van der Waals surface area contributed by atoms with E-state index in [4.69, 9.17) is 4.74 Å². The van der Waals surface area contributed by atoms with Crippen molar-refractivity contribution in [3.05, 3.63) is 35.6 Å². The summed E-state index contributed by atoms with van der Waals surface area (Å²) in [4.78, 5) is 16.7. The van der Waals surface area contributed by atoms with Crippen LogP contribution in [-0.2, 0) is 16.0 Å². The fourth-order valence-corrected chi connectivity index (χ4v) is 3.96. The highest BCUT2D eigenvalue weighted by atomic mass is 19.1. The summed E-state index contributed by atoms with van der Waals surface area (Å²) in [5.74, 6) is 0.295. The van der Waals surface area contributed by atoms with Crippen molar-refractivity contribution in [2.75, 3.05) is 39.9 Å². The predicted octanol–water partition coefficient (Wildman–Crippen LogP) is 2.33. The van der Waals surface area contributed by atoms with Crippen LogP contribution in [-0.4, -0.2) is 61.1 Å². The molecule has 0 bridgehead atoms. The van der Waals surface area contributed by atoms with Crippen LogP contribution in [0.1, 0.15) is 25.3 Å². The number of carbonyl (C=O) groups excluding carboxylic acids is 1. The smallest absolute Gasteiger partial charge is 0.227 e. The first-order valence-corrected chi connectivity index (χ1v) is 8.84. The van der Waals surface area contributed by atoms with Crippen molar-refractivity contribution >= 4 is 5.91 Å². The molecule has 1 aromatic carbocycles. The lowest BCUT2D eigenvalue weighted by molar-refractivity contribution is -0.150. The molecule has 1 unspecified atom stereocenters. The number of likely N-dealkylation sites (N-methyl/N-ethyl adjacent to an activating group) is 1. The van der Waals surface area contributed by atoms with Crippen LogP contribution in [0.25, 0.3) is 0 Å². The van der Waals surface area contributed by atoms with Crippen LogP contribution in [0.2, 0.25) is 0 Å². The molecular formula is C19H27FN2O2. The lowest BCUT2D eigenvalue weighted by atomic mass is 9.75. The zero-order valence-corrected chi connectivity index (χ0v) is 14.6. The first kappa shape index (κ1) is 17.4. The van der Waals surface area contributed by atoms with Gasteiger partial charge in [0.05, 0.1) is 12.0 Å². The minimum absolute atomic E-state index is 0.0195. The summed E-state index contributed by atoms with van der Waals surface area (Å²) in [5.41, 5.74) is 0.569. The lowest BCUT2D eigenvalue weighted by Gasteiger charge is -2.58. The molecule has 0 aromatic heterocycles. The summed E-state index contributed by atoms with van der Waals surface area (Å²) in [6.45, 7) is 6.14. The van der Waals surface area contributed by atoms with Gasteiger partial charge >= 0.3 is 0 Å². The van der Waals surface area contributed by atoms with Gasteiger partial charge in [0, 0.05) is 26.3 Å². The summed E-state index contributed by atoms with van der Waals surface area (Å²) in [6, 6.07) is 6.52. The van der Waals surface area contributed by atoms with Crippen LogP contribution < -0.4 is 0 Å². The Hall–Kier alpha value is -1.46. The van der Waals surface area contributed by atoms with Crippen LogP contribution >= 0.6 is 0 Å². The van der Waals surface area contributed by atoms with E-state index in [0.29, 0.717) is 11.5 Å². The number of rotatable bonds is 5. The molecule has 4 nitrogen and oxygen atoms in total. The number of likely N-dealkylation sites (tertiary alicyclic amines) is 2. The predicted molar refractivity (Wildman–Crippen MR) is 91.3 cm³/mol. The van der Waals surface area contributed by atoms with Gasteiger partial charge in [-0.2, -0.15) is 0 Å². The maximum Gasteiger partial charge on any atom is 0.227 e. The molecule has 0 aliphatic carbocycles. The summed E-state index contributed by atoms with van der Waals surface area (Å²) in [7, 11) is 2.15. The van der Waals surface area contributed by atoms with Crippen molar-refractivity contribution in [1.82, 2.24) is 9.80 Å². The van der Waals surface area contributed by atoms with E-state index in [-0.39, 0.29) is 23.7 Å². The Labute approximate surface area is 143 Å². The van der Waals surface area contributed by atoms with Crippen LogP contribution in [0.15, 0.2) is 24.3 Å². The van der Waals surface area contributed by atoms with Crippen LogP contribution in [0.5, 0.6) is 0 Å². The Bertz CT molecular complexity index is 584. The molecule has 3 rings (SSSR count). The second-order valence-corrected chi connectivity index (χ2v) is 7.18. The highest BCUT2D eigenvalue weighted by Crippen LogP contribution is 2.38. The van der Waals surface area contributed by atoms with Gasteiger partial charge in [0.1, 0.15) is 5.82 Å². The van der Waals surface area contributed by atoms with Gasteiger partial charge in [0.15, 0.2) is 0 Å². The number of amides is 1. The normalized spacial score (nSPS) is 23.3. The lowest BCUT2D eigenvalue weighted by Crippen LogP contribution is -2.72. The van der Waals surface area contributed by atoms with E-state index < -0.39 is 0 Å². The number of benzene rings is 1. The monoisotopic (exact) mass is 334 g/mol. The van der Waals surface area contributed by atoms with Gasteiger partial charge in [0.2, 0.25) is 5.91 Å². The molecule has 5 heteroatoms. The van der Waals surface area contributed by atoms with Gasteiger partial charge in [-0.05, 0) is 50.9 Å². The second kappa shape index (κ2) is 7.19. The van der Waals surface area contributed by atoms with Crippen LogP contribution in [0.4, 0.5) is 4.39 Å². The fourth-order valence-electron chi connectivity index (χ4n) is 3.96. The number of nitrogens with zero attached hydrogens (tertiary/aromatic N) is 2. The number of hydrogen-bond acceptors (Lipinski definition) is 3. The molecule has 2 aliphatic rings. The first-order valence-electron chi connectivity index (χ1n) is 8.84. The maximum atomic E-state index is 13.7. The Morgan fingerprint density at radius 1 is 1.38 bits per heavy atom. The molecule has 0 N–H and O–H groups in total. The van der Waals surface area contributed by atoms with E-state index in [9.17, 15) is 9.18 Å². The van der Waals surface area contributed by atoms with E-state index >= 15 is 0 Å². The van der Waals surface area contributed by atoms with E-state index in [2.05, 4.69) is 11.9 Å². The topological polar surface area (TPSA) is 32.8 Å². The number of hydrogen-bond donors (Lipinski definition) is 0. The van der Waals surface area contributed by atoms with Crippen molar-refractivity contribution in [3.63, 3.8) is 0 Å². The Morgan fingerprint density at radius 2 is 2.12 bits per heavy atom. The third kappa shape index (κ3) is 3.47. The largest absolute Gasteiger partial charge is 0.381 e. The molecule has 24 heavy (non-hydrogen) atoms. The quantitative estimate of drug-likeness (QED) is 0.828. The summed E-state index contributed by atoms with van der Waals surface area (Å²) in [6.07, 6.45) is 2.38. The van der Waals surface area contributed by atoms with Crippen molar-refractivity contribution in [1.29, 1.82) is 0 Å². The highest BCUT2D eigenvalue weighted by molar-refractivity contribution is 5.80. The van der Waals surface area contributed by atoms with E-state index in [0.717, 1.165) is 45.7 Å². The number of ether oxygens (including phenoxy) is 1. The molecule has 0 radical (unpaired) electrons. The molecule has 1 spiro atoms. The average Bonchev–Trinajstić information content (AvgIpc) is 2.54. The number of carbonyl (C=O) groups is 1. The van der Waals surface area contributed by atoms with Crippen molar-refractivity contribution < 1.29 is 13.9 Å². The second-order valence-electron chi connectivity index (χ2n) is 7.18. The van der Waals surface area contributed by atoms with E-state index in [1.165, 1.54) is 6.07 Å². The molecule has 2 heterocycles. The van der Waals surface area contributed by atoms with Gasteiger partial charge in [-0.1, -0.05) is 18.2 Å². The Morgan fingerprint density at radius 3 is 2.83 bits per heavy atom. The van der Waals surface area contributed by atoms with Crippen molar-refractivity contribution in [3.8, 4) is 0 Å². The zero-order valence-electron chi connectivity index (χ0n) is 14.6. The molecule has 2 fully saturated rings. The molecule has 0 saturated carbocycles. The third-order valence-electron chi connectivity index (χ3n) is 5.53. The van der Waals surface area contributed by atoms with Gasteiger partial charge in [-0.25, -0.2) is 4.39 Å². The van der Waals surface area contributed by atoms with Gasteiger partial charge in [-0.3, -0.25) is 9.69 Å². The zero-order chi connectivity index (χ0) is 17.2. The molecule has 132 valence electrons. The van der Waals surface area contributed by atoms with Gasteiger partial charge in [0.25, 0.3) is 0 Å². The SMILES string of the molecule is CCOCC1CCN(C)C2(C1)CN(C(=O)Cc1ccccc1F)C2.